The third kappa shape index (κ3) is 2.48. The van der Waals surface area contributed by atoms with E-state index in [0.29, 0.717) is 5.56 Å². The number of carboxylic acid groups (broad SMARTS) is 1. The van der Waals surface area contributed by atoms with Gasteiger partial charge in [-0.3, -0.25) is 34.2 Å². The number of benzene rings is 1. The molecule has 8 nitrogen and oxygen atoms in total. The summed E-state index contributed by atoms with van der Waals surface area (Å²) in [5, 5.41) is 10.9. The van der Waals surface area contributed by atoms with Gasteiger partial charge < -0.3 is 5.11 Å². The summed E-state index contributed by atoms with van der Waals surface area (Å²) in [7, 11) is 0. The van der Waals surface area contributed by atoms with Crippen molar-refractivity contribution < 1.29 is 29.1 Å². The van der Waals surface area contributed by atoms with Crippen LogP contribution in [0.25, 0.3) is 0 Å². The molecule has 0 spiro atoms. The van der Waals surface area contributed by atoms with Crippen molar-refractivity contribution in [2.24, 2.45) is 0 Å². The average Bonchev–Trinajstić information content (AvgIpc) is 2.71. The van der Waals surface area contributed by atoms with Crippen molar-refractivity contribution >= 4 is 29.6 Å². The van der Waals surface area contributed by atoms with Gasteiger partial charge in [0, 0.05) is 6.42 Å². The second-order valence-corrected chi connectivity index (χ2v) is 5.40. The Balaban J connectivity index is 1.92. The molecule has 1 aromatic carbocycles. The lowest BCUT2D eigenvalue weighted by atomic mass is 10.0. The molecule has 2 aliphatic rings. The van der Waals surface area contributed by atoms with Gasteiger partial charge in [-0.2, -0.15) is 0 Å². The number of hydrogen-bond acceptors (Lipinski definition) is 5. The molecule has 0 radical (unpaired) electrons. The van der Waals surface area contributed by atoms with E-state index in [9.17, 15) is 24.0 Å². The van der Waals surface area contributed by atoms with E-state index in [0.717, 1.165) is 4.90 Å². The lowest BCUT2D eigenvalue weighted by Gasteiger charge is -2.27. The number of aliphatic carboxylic acids is 1. The minimum absolute atomic E-state index is 0.0497. The molecule has 8 heteroatoms. The molecule has 0 aromatic heterocycles. The smallest absolute Gasteiger partial charge is 0.307 e. The minimum Gasteiger partial charge on any atom is -0.481 e. The second kappa shape index (κ2) is 5.31. The van der Waals surface area contributed by atoms with Gasteiger partial charge in [-0.1, -0.05) is 6.07 Å². The van der Waals surface area contributed by atoms with E-state index in [1.807, 2.05) is 0 Å². The van der Waals surface area contributed by atoms with Gasteiger partial charge in [-0.05, 0) is 24.1 Å². The molecule has 1 unspecified atom stereocenters. The highest BCUT2D eigenvalue weighted by Gasteiger charge is 2.44. The lowest BCUT2D eigenvalue weighted by Crippen LogP contribution is -2.54. The number of piperidine rings is 1. The second-order valence-electron chi connectivity index (χ2n) is 5.40. The summed E-state index contributed by atoms with van der Waals surface area (Å²) in [5.74, 6) is -3.43. The van der Waals surface area contributed by atoms with Crippen molar-refractivity contribution in [1.29, 1.82) is 0 Å². The van der Waals surface area contributed by atoms with Crippen LogP contribution in [-0.2, 0) is 20.8 Å². The molecule has 1 saturated heterocycles. The Hall–Kier alpha value is -3.03. The number of rotatable bonds is 3. The molecule has 1 aromatic rings. The lowest BCUT2D eigenvalue weighted by molar-refractivity contribution is -0.137. The zero-order chi connectivity index (χ0) is 16.7. The summed E-state index contributed by atoms with van der Waals surface area (Å²) in [5.41, 5.74) is 0.606. The summed E-state index contributed by atoms with van der Waals surface area (Å²) in [6, 6.07) is 3.18. The van der Waals surface area contributed by atoms with Crippen LogP contribution in [0.5, 0.6) is 0 Å². The maximum Gasteiger partial charge on any atom is 0.307 e. The van der Waals surface area contributed by atoms with Crippen LogP contribution in [0.1, 0.15) is 39.1 Å². The molecule has 3 rings (SSSR count). The average molecular weight is 316 g/mol. The normalized spacial score (nSPS) is 20.5. The first kappa shape index (κ1) is 14.9. The van der Waals surface area contributed by atoms with Crippen LogP contribution < -0.4 is 5.32 Å². The number of amides is 4. The van der Waals surface area contributed by atoms with Gasteiger partial charge in [0.2, 0.25) is 11.8 Å². The van der Waals surface area contributed by atoms with Crippen molar-refractivity contribution in [2.75, 3.05) is 0 Å². The van der Waals surface area contributed by atoms with Gasteiger partial charge in [-0.25, -0.2) is 0 Å². The fourth-order valence-corrected chi connectivity index (χ4v) is 2.80. The van der Waals surface area contributed by atoms with Crippen LogP contribution in [0.2, 0.25) is 0 Å². The molecule has 0 saturated carbocycles. The summed E-state index contributed by atoms with van der Waals surface area (Å²) >= 11 is 0. The van der Waals surface area contributed by atoms with Crippen molar-refractivity contribution in [1.82, 2.24) is 10.2 Å². The van der Waals surface area contributed by atoms with E-state index in [1.165, 1.54) is 18.2 Å². The molecular formula is C15H12N2O6. The maximum atomic E-state index is 12.5. The van der Waals surface area contributed by atoms with Crippen LogP contribution in [0.4, 0.5) is 0 Å². The molecule has 118 valence electrons. The third-order valence-corrected chi connectivity index (χ3v) is 3.86. The Morgan fingerprint density at radius 3 is 2.52 bits per heavy atom. The Labute approximate surface area is 130 Å². The standard InChI is InChI=1S/C15H12N2O6/c18-11-4-3-10(13(21)16-11)17-14(22)8-2-1-7(6-12(19)20)5-9(8)15(17)23/h1-2,5,10H,3-4,6H2,(H,19,20)(H,16,18,21). The highest BCUT2D eigenvalue weighted by Crippen LogP contribution is 2.28. The SMILES string of the molecule is O=C(O)Cc1ccc2c(c1)C(=O)N(C1CCC(=O)NC1=O)C2=O. The zero-order valence-corrected chi connectivity index (χ0v) is 11.9. The molecule has 2 aliphatic heterocycles. The van der Waals surface area contributed by atoms with Crippen molar-refractivity contribution in [3.8, 4) is 0 Å². The highest BCUT2D eigenvalue weighted by molar-refractivity contribution is 6.23. The van der Waals surface area contributed by atoms with Crippen molar-refractivity contribution in [3.63, 3.8) is 0 Å². The fraction of sp³-hybridized carbons (Fsp3) is 0.267. The first-order chi connectivity index (χ1) is 10.9. The molecule has 0 aliphatic carbocycles. The van der Waals surface area contributed by atoms with E-state index in [1.54, 1.807) is 0 Å². The minimum atomic E-state index is -1.05. The molecule has 2 N–H and O–H groups in total. The zero-order valence-electron chi connectivity index (χ0n) is 11.9. The largest absolute Gasteiger partial charge is 0.481 e. The van der Waals surface area contributed by atoms with Gasteiger partial charge in [0.15, 0.2) is 0 Å². The van der Waals surface area contributed by atoms with E-state index >= 15 is 0 Å². The summed E-state index contributed by atoms with van der Waals surface area (Å²) in [4.78, 5) is 59.5. The summed E-state index contributed by atoms with van der Waals surface area (Å²) < 4.78 is 0. The van der Waals surface area contributed by atoms with Gasteiger partial charge in [0.25, 0.3) is 11.8 Å². The molecule has 4 amide bonds. The predicted molar refractivity (Wildman–Crippen MR) is 74.5 cm³/mol. The first-order valence-electron chi connectivity index (χ1n) is 6.95. The monoisotopic (exact) mass is 316 g/mol. The molecule has 2 heterocycles. The Morgan fingerprint density at radius 1 is 1.17 bits per heavy atom. The van der Waals surface area contributed by atoms with Gasteiger partial charge in [0.1, 0.15) is 6.04 Å². The van der Waals surface area contributed by atoms with Crippen LogP contribution in [0.3, 0.4) is 0 Å². The Morgan fingerprint density at radius 2 is 1.87 bits per heavy atom. The molecular weight excluding hydrogens is 304 g/mol. The van der Waals surface area contributed by atoms with Gasteiger partial charge >= 0.3 is 5.97 Å². The van der Waals surface area contributed by atoms with Gasteiger partial charge in [-0.15, -0.1) is 0 Å². The van der Waals surface area contributed by atoms with Crippen LogP contribution in [0, 0.1) is 0 Å². The summed E-state index contributed by atoms with van der Waals surface area (Å²) in [6.45, 7) is 0. The number of carbonyl (C=O) groups excluding carboxylic acids is 4. The third-order valence-electron chi connectivity index (χ3n) is 3.86. The molecule has 1 fully saturated rings. The van der Waals surface area contributed by atoms with Crippen molar-refractivity contribution in [2.45, 2.75) is 25.3 Å². The maximum absolute atomic E-state index is 12.5. The number of imide groups is 2. The van der Waals surface area contributed by atoms with E-state index in [-0.39, 0.29) is 30.4 Å². The van der Waals surface area contributed by atoms with E-state index in [4.69, 9.17) is 5.11 Å². The van der Waals surface area contributed by atoms with Crippen LogP contribution in [0.15, 0.2) is 18.2 Å². The summed E-state index contributed by atoms with van der Waals surface area (Å²) in [6.07, 6.45) is -0.140. The number of nitrogens with one attached hydrogen (secondary N) is 1. The topological polar surface area (TPSA) is 121 Å². The van der Waals surface area contributed by atoms with E-state index < -0.39 is 35.6 Å². The Bertz CT molecular complexity index is 769. The van der Waals surface area contributed by atoms with Gasteiger partial charge in [0.05, 0.1) is 17.5 Å². The van der Waals surface area contributed by atoms with Crippen LogP contribution >= 0.6 is 0 Å². The Kier molecular flexibility index (Phi) is 3.44. The first-order valence-corrected chi connectivity index (χ1v) is 6.95. The highest BCUT2D eigenvalue weighted by atomic mass is 16.4. The number of fused-ring (bicyclic) bond motifs is 1. The molecule has 0 bridgehead atoms. The number of carbonyl (C=O) groups is 5. The number of hydrogen-bond donors (Lipinski definition) is 2. The quantitative estimate of drug-likeness (QED) is 0.740. The number of nitrogens with zero attached hydrogens (tertiary/aromatic N) is 1. The number of carboxylic acids is 1. The molecule has 1 atom stereocenters. The van der Waals surface area contributed by atoms with Crippen molar-refractivity contribution in [3.05, 3.63) is 34.9 Å². The van der Waals surface area contributed by atoms with Crippen LogP contribution in [-0.4, -0.2) is 45.6 Å². The predicted octanol–water partition coefficient (Wildman–Crippen LogP) is -0.285. The van der Waals surface area contributed by atoms with E-state index in [2.05, 4.69) is 5.32 Å². The fourth-order valence-electron chi connectivity index (χ4n) is 2.80. The molecule has 23 heavy (non-hydrogen) atoms.